The lowest BCUT2D eigenvalue weighted by Crippen LogP contribution is -2.64. The van der Waals surface area contributed by atoms with Gasteiger partial charge in [-0.25, -0.2) is 0 Å². The summed E-state index contributed by atoms with van der Waals surface area (Å²) in [5.74, 6) is -13.7. The highest BCUT2D eigenvalue weighted by molar-refractivity contribution is 6.06. The third-order valence-electron chi connectivity index (χ3n) is 7.18. The van der Waals surface area contributed by atoms with Crippen LogP contribution in [0.5, 0.6) is 0 Å². The standard InChI is InChI=1S/C25H22O8/c1-25-18(13-10-6-3-7-11-13)14(12-8-4-2-5-9-12)15(16(21(26)27)19(25)23(30)31)17(22(28)29)20(25)24(32)33/h2-11,15-17,19-20H,1H3,(H,26,27)(H,28,29)(H,30,31)(H,32,33). The maximum Gasteiger partial charge on any atom is 0.308 e. The van der Waals surface area contributed by atoms with Gasteiger partial charge in [0.1, 0.15) is 0 Å². The minimum Gasteiger partial charge on any atom is -0.481 e. The second-order valence-corrected chi connectivity index (χ2v) is 8.69. The smallest absolute Gasteiger partial charge is 0.308 e. The van der Waals surface area contributed by atoms with Gasteiger partial charge in [0.25, 0.3) is 0 Å². The lowest BCUT2D eigenvalue weighted by atomic mass is 9.40. The number of allylic oxidation sites excluding steroid dienone is 2. The van der Waals surface area contributed by atoms with Gasteiger partial charge in [0.2, 0.25) is 0 Å². The van der Waals surface area contributed by atoms with Crippen LogP contribution in [0.4, 0.5) is 0 Å². The van der Waals surface area contributed by atoms with Crippen molar-refractivity contribution in [1.82, 2.24) is 0 Å². The number of hydrogen-bond donors (Lipinski definition) is 4. The minimum absolute atomic E-state index is 0.370. The largest absolute Gasteiger partial charge is 0.481 e. The van der Waals surface area contributed by atoms with Gasteiger partial charge in [-0.2, -0.15) is 0 Å². The van der Waals surface area contributed by atoms with Crippen LogP contribution >= 0.6 is 0 Å². The summed E-state index contributed by atoms with van der Waals surface area (Å²) in [7, 11) is 0. The van der Waals surface area contributed by atoms with Crippen molar-refractivity contribution in [3.8, 4) is 0 Å². The Labute approximate surface area is 188 Å². The highest BCUT2D eigenvalue weighted by Crippen LogP contribution is 2.68. The fourth-order valence-corrected chi connectivity index (χ4v) is 6.14. The molecule has 2 bridgehead atoms. The molecule has 8 nitrogen and oxygen atoms in total. The van der Waals surface area contributed by atoms with Crippen LogP contribution in [0.1, 0.15) is 18.1 Å². The summed E-state index contributed by atoms with van der Waals surface area (Å²) in [5.41, 5.74) is 0.00501. The number of rotatable bonds is 6. The van der Waals surface area contributed by atoms with Crippen LogP contribution in [0, 0.1) is 35.0 Å². The average Bonchev–Trinajstić information content (AvgIpc) is 2.77. The van der Waals surface area contributed by atoms with Crippen molar-refractivity contribution in [2.45, 2.75) is 6.92 Å². The van der Waals surface area contributed by atoms with E-state index < -0.39 is 58.9 Å². The van der Waals surface area contributed by atoms with Crippen molar-refractivity contribution in [2.75, 3.05) is 0 Å². The molecule has 0 saturated heterocycles. The van der Waals surface area contributed by atoms with Gasteiger partial charge in [-0.3, -0.25) is 19.2 Å². The molecule has 4 N–H and O–H groups in total. The molecule has 0 aromatic heterocycles. The van der Waals surface area contributed by atoms with Crippen LogP contribution in [0.3, 0.4) is 0 Å². The summed E-state index contributed by atoms with van der Waals surface area (Å²) in [5, 5.41) is 40.6. The summed E-state index contributed by atoms with van der Waals surface area (Å²) >= 11 is 0. The molecule has 33 heavy (non-hydrogen) atoms. The van der Waals surface area contributed by atoms with Gasteiger partial charge in [0, 0.05) is 11.3 Å². The first-order chi connectivity index (χ1) is 15.6. The predicted molar refractivity (Wildman–Crippen MR) is 116 cm³/mol. The summed E-state index contributed by atoms with van der Waals surface area (Å²) < 4.78 is 0. The van der Waals surface area contributed by atoms with E-state index in [9.17, 15) is 39.6 Å². The Balaban J connectivity index is 2.22. The summed E-state index contributed by atoms with van der Waals surface area (Å²) in [6.45, 7) is 1.39. The van der Waals surface area contributed by atoms with E-state index in [1.165, 1.54) is 6.92 Å². The fraction of sp³-hybridized carbons (Fsp3) is 0.280. The number of carboxylic acids is 4. The van der Waals surface area contributed by atoms with E-state index in [2.05, 4.69) is 0 Å². The molecule has 3 aliphatic rings. The molecule has 5 rings (SSSR count). The lowest BCUT2D eigenvalue weighted by molar-refractivity contribution is -0.184. The molecule has 1 saturated carbocycles. The van der Waals surface area contributed by atoms with Gasteiger partial charge in [0.05, 0.1) is 23.7 Å². The number of carboxylic acid groups (broad SMARTS) is 4. The van der Waals surface area contributed by atoms with E-state index in [0.29, 0.717) is 22.3 Å². The van der Waals surface area contributed by atoms with Crippen LogP contribution in [0.15, 0.2) is 60.7 Å². The van der Waals surface area contributed by atoms with Crippen molar-refractivity contribution < 1.29 is 39.6 Å². The van der Waals surface area contributed by atoms with Gasteiger partial charge in [0.15, 0.2) is 0 Å². The third-order valence-corrected chi connectivity index (χ3v) is 7.18. The van der Waals surface area contributed by atoms with E-state index in [4.69, 9.17) is 0 Å². The Morgan fingerprint density at radius 3 is 1.39 bits per heavy atom. The summed E-state index contributed by atoms with van der Waals surface area (Å²) in [6.07, 6.45) is 0. The first kappa shape index (κ1) is 22.3. The second kappa shape index (κ2) is 7.88. The molecule has 1 fully saturated rings. The van der Waals surface area contributed by atoms with E-state index in [-0.39, 0.29) is 0 Å². The molecule has 0 amide bonds. The zero-order valence-electron chi connectivity index (χ0n) is 17.6. The van der Waals surface area contributed by atoms with Crippen molar-refractivity contribution in [3.05, 3.63) is 71.8 Å². The van der Waals surface area contributed by atoms with E-state index in [1.807, 2.05) is 0 Å². The van der Waals surface area contributed by atoms with E-state index in [1.54, 1.807) is 60.7 Å². The highest BCUT2D eigenvalue weighted by atomic mass is 16.4. The number of benzene rings is 2. The molecule has 2 aromatic carbocycles. The van der Waals surface area contributed by atoms with Crippen LogP contribution in [0.2, 0.25) is 0 Å². The molecule has 170 valence electrons. The molecule has 2 aromatic rings. The topological polar surface area (TPSA) is 149 Å². The maximum absolute atomic E-state index is 12.5. The number of fused-ring (bicyclic) bond motifs is 2. The molecule has 4 atom stereocenters. The third kappa shape index (κ3) is 3.13. The van der Waals surface area contributed by atoms with Gasteiger partial charge >= 0.3 is 23.9 Å². The Bertz CT molecular complexity index is 1130. The summed E-state index contributed by atoms with van der Waals surface area (Å²) in [4.78, 5) is 49.9. The normalized spacial score (nSPS) is 30.6. The van der Waals surface area contributed by atoms with E-state index >= 15 is 0 Å². The highest BCUT2D eigenvalue weighted by Gasteiger charge is 2.71. The Morgan fingerprint density at radius 1 is 0.636 bits per heavy atom. The van der Waals surface area contributed by atoms with Gasteiger partial charge in [-0.1, -0.05) is 67.6 Å². The van der Waals surface area contributed by atoms with Crippen molar-refractivity contribution in [1.29, 1.82) is 0 Å². The zero-order valence-corrected chi connectivity index (χ0v) is 17.6. The number of carbonyl (C=O) groups is 4. The Hall–Kier alpha value is -3.94. The van der Waals surface area contributed by atoms with E-state index in [0.717, 1.165) is 0 Å². The second-order valence-electron chi connectivity index (χ2n) is 8.69. The maximum atomic E-state index is 12.5. The van der Waals surface area contributed by atoms with Crippen molar-refractivity contribution in [3.63, 3.8) is 0 Å². The van der Waals surface area contributed by atoms with Gasteiger partial charge in [-0.15, -0.1) is 0 Å². The number of aliphatic carboxylic acids is 4. The fourth-order valence-electron chi connectivity index (χ4n) is 6.14. The molecule has 4 unspecified atom stereocenters. The Kier molecular flexibility index (Phi) is 5.32. The van der Waals surface area contributed by atoms with Gasteiger partial charge in [-0.05, 0) is 22.3 Å². The summed E-state index contributed by atoms with van der Waals surface area (Å²) in [6, 6.07) is 17.2. The Morgan fingerprint density at radius 2 is 1.03 bits per heavy atom. The molecule has 0 spiro atoms. The molecule has 0 aliphatic heterocycles. The van der Waals surface area contributed by atoms with Crippen molar-refractivity contribution >= 4 is 35.0 Å². The zero-order chi connectivity index (χ0) is 24.1. The quantitative estimate of drug-likeness (QED) is 0.525. The first-order valence-corrected chi connectivity index (χ1v) is 10.4. The van der Waals surface area contributed by atoms with Crippen LogP contribution in [-0.2, 0) is 19.2 Å². The number of hydrogen-bond acceptors (Lipinski definition) is 4. The molecular formula is C25H22O8. The van der Waals surface area contributed by atoms with Crippen LogP contribution < -0.4 is 0 Å². The lowest BCUT2D eigenvalue weighted by Gasteiger charge is -2.59. The van der Waals surface area contributed by atoms with Gasteiger partial charge < -0.3 is 20.4 Å². The molecule has 3 aliphatic carbocycles. The average molecular weight is 450 g/mol. The monoisotopic (exact) mass is 450 g/mol. The SMILES string of the molecule is CC12C(c3ccccc3)=C(c3ccccc3)C(C(C(=O)O)C1C(=O)O)C(C(=O)O)C2C(=O)O. The van der Waals surface area contributed by atoms with Crippen molar-refractivity contribution in [2.24, 2.45) is 35.0 Å². The molecule has 8 heteroatoms. The first-order valence-electron chi connectivity index (χ1n) is 10.4. The molecule has 0 radical (unpaired) electrons. The minimum atomic E-state index is -1.81. The van der Waals surface area contributed by atoms with Crippen LogP contribution in [0.25, 0.3) is 11.1 Å². The molecular weight excluding hydrogens is 428 g/mol. The van der Waals surface area contributed by atoms with Crippen LogP contribution in [-0.4, -0.2) is 44.3 Å². The predicted octanol–water partition coefficient (Wildman–Crippen LogP) is 3.05. The molecule has 0 heterocycles.